The first kappa shape index (κ1) is 16.2. The van der Waals surface area contributed by atoms with Crippen LogP contribution in [0.4, 0.5) is 11.5 Å². The van der Waals surface area contributed by atoms with Gasteiger partial charge in [-0.05, 0) is 31.2 Å². The molecule has 0 atom stereocenters. The number of phenolic OH excluding ortho intramolecular Hbond substituents is 1. The van der Waals surface area contributed by atoms with Crippen LogP contribution in [0.15, 0.2) is 30.3 Å². The highest BCUT2D eigenvalue weighted by molar-refractivity contribution is 5.95. The quantitative estimate of drug-likeness (QED) is 0.635. The Morgan fingerprint density at radius 3 is 2.57 bits per heavy atom. The minimum absolute atomic E-state index is 0.0219. The zero-order valence-corrected chi connectivity index (χ0v) is 12.6. The van der Waals surface area contributed by atoms with E-state index in [0.717, 1.165) is 0 Å². The smallest absolute Gasteiger partial charge is 0.358 e. The van der Waals surface area contributed by atoms with Crippen molar-refractivity contribution < 1.29 is 24.2 Å². The van der Waals surface area contributed by atoms with Gasteiger partial charge in [0.1, 0.15) is 5.56 Å². The number of esters is 2. The molecule has 0 bridgehead atoms. The molecule has 0 radical (unpaired) electrons. The number of nitrogens with zero attached hydrogens (tertiary/aromatic N) is 2. The highest BCUT2D eigenvalue weighted by atomic mass is 16.5. The Labute approximate surface area is 132 Å². The normalized spacial score (nSPS) is 10.0. The Morgan fingerprint density at radius 1 is 1.17 bits per heavy atom. The lowest BCUT2D eigenvalue weighted by molar-refractivity contribution is 0.0517. The summed E-state index contributed by atoms with van der Waals surface area (Å²) in [7, 11) is 1.22. The van der Waals surface area contributed by atoms with Crippen LogP contribution < -0.4 is 5.32 Å². The zero-order valence-electron chi connectivity index (χ0n) is 12.6. The summed E-state index contributed by atoms with van der Waals surface area (Å²) >= 11 is 0. The van der Waals surface area contributed by atoms with Crippen LogP contribution in [-0.2, 0) is 9.47 Å². The molecule has 0 unspecified atom stereocenters. The fourth-order valence-corrected chi connectivity index (χ4v) is 1.77. The van der Waals surface area contributed by atoms with Gasteiger partial charge in [-0.15, -0.1) is 10.2 Å². The number of carbonyl (C=O) groups excluding carboxylic acids is 2. The number of phenols is 1. The first-order valence-electron chi connectivity index (χ1n) is 6.75. The van der Waals surface area contributed by atoms with E-state index in [1.807, 2.05) is 0 Å². The molecule has 2 N–H and O–H groups in total. The van der Waals surface area contributed by atoms with Gasteiger partial charge in [0, 0.05) is 0 Å². The van der Waals surface area contributed by atoms with Crippen molar-refractivity contribution in [2.24, 2.45) is 0 Å². The first-order valence-corrected chi connectivity index (χ1v) is 6.75. The summed E-state index contributed by atoms with van der Waals surface area (Å²) in [6.07, 6.45) is 0. The van der Waals surface area contributed by atoms with E-state index in [1.165, 1.54) is 25.3 Å². The second kappa shape index (κ2) is 7.21. The van der Waals surface area contributed by atoms with Gasteiger partial charge in [0.25, 0.3) is 0 Å². The Kier molecular flexibility index (Phi) is 5.08. The number of aromatic nitrogens is 2. The molecule has 0 saturated heterocycles. The summed E-state index contributed by atoms with van der Waals surface area (Å²) in [6.45, 7) is 1.94. The van der Waals surface area contributed by atoms with Crippen molar-refractivity contribution in [3.05, 3.63) is 41.6 Å². The fourth-order valence-electron chi connectivity index (χ4n) is 1.77. The average Bonchev–Trinajstić information content (AvgIpc) is 2.57. The summed E-state index contributed by atoms with van der Waals surface area (Å²) < 4.78 is 9.39. The van der Waals surface area contributed by atoms with E-state index >= 15 is 0 Å². The molecule has 120 valence electrons. The van der Waals surface area contributed by atoms with E-state index in [9.17, 15) is 14.7 Å². The molecule has 1 heterocycles. The lowest BCUT2D eigenvalue weighted by atomic mass is 10.1. The molecular formula is C15H15N3O5. The van der Waals surface area contributed by atoms with Gasteiger partial charge in [-0.25, -0.2) is 9.59 Å². The molecule has 0 saturated carbocycles. The maximum Gasteiger partial charge on any atom is 0.358 e. The predicted molar refractivity (Wildman–Crippen MR) is 80.7 cm³/mol. The monoisotopic (exact) mass is 317 g/mol. The summed E-state index contributed by atoms with van der Waals surface area (Å²) in [6, 6.07) is 7.51. The number of anilines is 2. The maximum absolute atomic E-state index is 11.5. The standard InChI is InChI=1S/C15H15N3O5/c1-3-23-15(21)11-7-8-12(18-17-11)16-10-6-4-5-9(13(10)19)14(20)22-2/h4-8,19H,3H2,1-2H3,(H,16,18). The van der Waals surface area contributed by atoms with Crippen molar-refractivity contribution in [3.8, 4) is 5.75 Å². The average molecular weight is 317 g/mol. The second-order valence-corrected chi connectivity index (χ2v) is 4.34. The number of rotatable bonds is 5. The second-order valence-electron chi connectivity index (χ2n) is 4.34. The van der Waals surface area contributed by atoms with Gasteiger partial charge in [0.05, 0.1) is 19.4 Å². The van der Waals surface area contributed by atoms with E-state index in [1.54, 1.807) is 19.1 Å². The third-order valence-corrected chi connectivity index (χ3v) is 2.85. The number of aromatic hydroxyl groups is 1. The van der Waals surface area contributed by atoms with E-state index in [4.69, 9.17) is 4.74 Å². The van der Waals surface area contributed by atoms with Crippen LogP contribution in [0.3, 0.4) is 0 Å². The van der Waals surface area contributed by atoms with Gasteiger partial charge in [-0.3, -0.25) is 0 Å². The SMILES string of the molecule is CCOC(=O)c1ccc(Nc2cccc(C(=O)OC)c2O)nn1. The van der Waals surface area contributed by atoms with Crippen LogP contribution >= 0.6 is 0 Å². The molecule has 0 spiro atoms. The van der Waals surface area contributed by atoms with Crippen LogP contribution in [-0.4, -0.2) is 41.0 Å². The van der Waals surface area contributed by atoms with Crippen LogP contribution in [0.1, 0.15) is 27.8 Å². The first-order chi connectivity index (χ1) is 11.1. The van der Waals surface area contributed by atoms with Crippen molar-refractivity contribution in [2.75, 3.05) is 19.0 Å². The highest BCUT2D eigenvalue weighted by Crippen LogP contribution is 2.29. The van der Waals surface area contributed by atoms with Crippen LogP contribution in [0.2, 0.25) is 0 Å². The number of hydrogen-bond donors (Lipinski definition) is 2. The Morgan fingerprint density at radius 2 is 1.96 bits per heavy atom. The molecule has 8 heteroatoms. The number of benzene rings is 1. The van der Waals surface area contributed by atoms with Gasteiger partial charge < -0.3 is 19.9 Å². The summed E-state index contributed by atoms with van der Waals surface area (Å²) in [5, 5.41) is 20.4. The number of methoxy groups -OCH3 is 1. The van der Waals surface area contributed by atoms with Crippen molar-refractivity contribution in [1.29, 1.82) is 0 Å². The van der Waals surface area contributed by atoms with Crippen LogP contribution in [0.25, 0.3) is 0 Å². The van der Waals surface area contributed by atoms with Gasteiger partial charge in [0.15, 0.2) is 17.3 Å². The molecule has 2 aromatic rings. The summed E-state index contributed by atoms with van der Waals surface area (Å²) in [5.74, 6) is -1.21. The van der Waals surface area contributed by atoms with Gasteiger partial charge in [0.2, 0.25) is 0 Å². The highest BCUT2D eigenvalue weighted by Gasteiger charge is 2.15. The third-order valence-electron chi connectivity index (χ3n) is 2.85. The minimum Gasteiger partial charge on any atom is -0.505 e. The van der Waals surface area contributed by atoms with Crippen molar-refractivity contribution in [1.82, 2.24) is 10.2 Å². The Bertz CT molecular complexity index is 716. The summed E-state index contributed by atoms with van der Waals surface area (Å²) in [4.78, 5) is 23.0. The lowest BCUT2D eigenvalue weighted by Crippen LogP contribution is -2.09. The molecule has 0 aliphatic rings. The number of hydrogen-bond acceptors (Lipinski definition) is 8. The molecule has 2 rings (SSSR count). The van der Waals surface area contributed by atoms with Gasteiger partial charge in [-0.2, -0.15) is 0 Å². The third kappa shape index (κ3) is 3.73. The number of para-hydroxylation sites is 1. The molecule has 1 aromatic heterocycles. The van der Waals surface area contributed by atoms with E-state index < -0.39 is 11.9 Å². The lowest BCUT2D eigenvalue weighted by Gasteiger charge is -2.10. The van der Waals surface area contributed by atoms with Crippen molar-refractivity contribution >= 4 is 23.4 Å². The summed E-state index contributed by atoms with van der Waals surface area (Å²) in [5.41, 5.74) is 0.352. The minimum atomic E-state index is -0.658. The molecule has 8 nitrogen and oxygen atoms in total. The molecule has 0 fully saturated rings. The fraction of sp³-hybridized carbons (Fsp3) is 0.200. The van der Waals surface area contributed by atoms with Gasteiger partial charge in [-0.1, -0.05) is 6.07 Å². The predicted octanol–water partition coefficient (Wildman–Crippen LogP) is 1.89. The largest absolute Gasteiger partial charge is 0.505 e. The topological polar surface area (TPSA) is 111 Å². The van der Waals surface area contributed by atoms with E-state index in [-0.39, 0.29) is 35.1 Å². The number of nitrogens with one attached hydrogen (secondary N) is 1. The van der Waals surface area contributed by atoms with Crippen LogP contribution in [0, 0.1) is 0 Å². The molecular weight excluding hydrogens is 302 g/mol. The Hall–Kier alpha value is -3.16. The number of carbonyl (C=O) groups is 2. The molecule has 1 aromatic carbocycles. The molecule has 0 aliphatic heterocycles. The van der Waals surface area contributed by atoms with E-state index in [0.29, 0.717) is 0 Å². The van der Waals surface area contributed by atoms with Crippen LogP contribution in [0.5, 0.6) is 5.75 Å². The molecule has 23 heavy (non-hydrogen) atoms. The Balaban J connectivity index is 2.20. The van der Waals surface area contributed by atoms with E-state index in [2.05, 4.69) is 20.3 Å². The number of ether oxygens (including phenoxy) is 2. The van der Waals surface area contributed by atoms with Crippen molar-refractivity contribution in [2.45, 2.75) is 6.92 Å². The molecule has 0 aliphatic carbocycles. The maximum atomic E-state index is 11.5. The molecule has 0 amide bonds. The zero-order chi connectivity index (χ0) is 16.8. The van der Waals surface area contributed by atoms with Crippen molar-refractivity contribution in [3.63, 3.8) is 0 Å². The van der Waals surface area contributed by atoms with Gasteiger partial charge >= 0.3 is 11.9 Å².